The van der Waals surface area contributed by atoms with Gasteiger partial charge in [-0.3, -0.25) is 19.5 Å². The zero-order chi connectivity index (χ0) is 24.6. The average molecular weight is 480 g/mol. The second-order valence-electron chi connectivity index (χ2n) is 9.67. The second kappa shape index (κ2) is 9.24. The van der Waals surface area contributed by atoms with Crippen LogP contribution in [0.1, 0.15) is 26.4 Å². The monoisotopic (exact) mass is 479 g/mol. The van der Waals surface area contributed by atoms with Gasteiger partial charge in [0, 0.05) is 85.6 Å². The summed E-state index contributed by atoms with van der Waals surface area (Å²) in [4.78, 5) is 36.4. The van der Waals surface area contributed by atoms with Gasteiger partial charge in [-0.15, -0.1) is 0 Å². The molecule has 2 amide bonds. The van der Waals surface area contributed by atoms with Gasteiger partial charge in [0.1, 0.15) is 0 Å². The maximum Gasteiger partial charge on any atom is 0.253 e. The minimum Gasteiger partial charge on any atom is -0.336 e. The molecule has 4 aromatic rings. The number of piperazine rings is 1. The van der Waals surface area contributed by atoms with E-state index < -0.39 is 0 Å². The summed E-state index contributed by atoms with van der Waals surface area (Å²) >= 11 is 0. The maximum atomic E-state index is 13.2. The maximum absolute atomic E-state index is 13.2. The highest BCUT2D eigenvalue weighted by Gasteiger charge is 2.37. The van der Waals surface area contributed by atoms with Gasteiger partial charge in [0.05, 0.1) is 5.52 Å². The molecule has 0 unspecified atom stereocenters. The van der Waals surface area contributed by atoms with Crippen molar-refractivity contribution in [3.63, 3.8) is 0 Å². The molecule has 0 aliphatic carbocycles. The third-order valence-corrected chi connectivity index (χ3v) is 7.38. The summed E-state index contributed by atoms with van der Waals surface area (Å²) in [5, 5.41) is 1.05. The van der Waals surface area contributed by atoms with Crippen LogP contribution in [0.15, 0.2) is 79.1 Å². The molecule has 0 radical (unpaired) electrons. The van der Waals surface area contributed by atoms with Crippen LogP contribution in [0.2, 0.25) is 0 Å². The smallest absolute Gasteiger partial charge is 0.253 e. The molecule has 7 nitrogen and oxygen atoms in total. The molecule has 0 saturated carbocycles. The van der Waals surface area contributed by atoms with Gasteiger partial charge in [0.25, 0.3) is 11.8 Å². The van der Waals surface area contributed by atoms with Gasteiger partial charge in [-0.05, 0) is 55.5 Å². The predicted octanol–water partition coefficient (Wildman–Crippen LogP) is 3.62. The molecule has 2 fully saturated rings. The summed E-state index contributed by atoms with van der Waals surface area (Å²) in [5.74, 6) is 0.183. The molecule has 182 valence electrons. The normalized spacial score (nSPS) is 16.8. The zero-order valence-corrected chi connectivity index (χ0v) is 20.4. The van der Waals surface area contributed by atoms with Crippen LogP contribution < -0.4 is 0 Å². The van der Waals surface area contributed by atoms with E-state index in [2.05, 4.69) is 26.6 Å². The Balaban J connectivity index is 1.06. The number of rotatable bonds is 4. The first-order valence-corrected chi connectivity index (χ1v) is 12.5. The number of hydrogen-bond donors (Lipinski definition) is 0. The number of carbonyl (C=O) groups excluding carboxylic acids is 2. The molecular formula is C29H29N5O2. The first kappa shape index (κ1) is 22.5. The van der Waals surface area contributed by atoms with Gasteiger partial charge in [0.15, 0.2) is 0 Å². The number of likely N-dealkylation sites (tertiary alicyclic amines) is 1. The van der Waals surface area contributed by atoms with Crippen molar-refractivity contribution < 1.29 is 9.59 Å². The first-order valence-electron chi connectivity index (χ1n) is 12.5. The number of fused-ring (bicyclic) bond motifs is 1. The van der Waals surface area contributed by atoms with E-state index in [-0.39, 0.29) is 11.8 Å². The SMILES string of the molecule is Cc1cc(-n2ccc3cc(C(=O)N4CC(N5CCN(C(=O)c6ccccc6)CC5)C4)ccc32)ccn1. The zero-order valence-electron chi connectivity index (χ0n) is 20.4. The first-order chi connectivity index (χ1) is 17.6. The number of pyridine rings is 1. The van der Waals surface area contributed by atoms with Gasteiger partial charge >= 0.3 is 0 Å². The lowest BCUT2D eigenvalue weighted by Gasteiger charge is -2.48. The van der Waals surface area contributed by atoms with Crippen LogP contribution >= 0.6 is 0 Å². The molecule has 36 heavy (non-hydrogen) atoms. The number of amides is 2. The molecule has 2 aliphatic heterocycles. The molecule has 0 N–H and O–H groups in total. The number of benzene rings is 2. The van der Waals surface area contributed by atoms with E-state index in [0.717, 1.165) is 72.7 Å². The topological polar surface area (TPSA) is 61.7 Å². The van der Waals surface area contributed by atoms with Gasteiger partial charge in [-0.1, -0.05) is 18.2 Å². The van der Waals surface area contributed by atoms with Crippen molar-refractivity contribution in [3.8, 4) is 5.69 Å². The van der Waals surface area contributed by atoms with E-state index in [9.17, 15) is 9.59 Å². The Morgan fingerprint density at radius 1 is 0.806 bits per heavy atom. The summed E-state index contributed by atoms with van der Waals surface area (Å²) < 4.78 is 2.13. The molecular weight excluding hydrogens is 450 g/mol. The van der Waals surface area contributed by atoms with Crippen molar-refractivity contribution in [3.05, 3.63) is 95.9 Å². The molecule has 6 rings (SSSR count). The standard InChI is InChI=1S/C29H29N5O2/c1-21-17-25(9-11-30-21)34-12-10-23-18-24(7-8-27(23)34)29(36)33-19-26(20-33)31-13-15-32(16-14-31)28(35)22-5-3-2-4-6-22/h2-12,17-18,26H,13-16,19-20H2,1H3. The molecule has 0 bridgehead atoms. The number of aromatic nitrogens is 2. The number of nitrogens with zero attached hydrogens (tertiary/aromatic N) is 5. The molecule has 4 heterocycles. The number of carbonyl (C=O) groups is 2. The fourth-order valence-corrected chi connectivity index (χ4v) is 5.27. The highest BCUT2D eigenvalue weighted by Crippen LogP contribution is 2.25. The van der Waals surface area contributed by atoms with Crippen molar-refractivity contribution in [1.82, 2.24) is 24.3 Å². The van der Waals surface area contributed by atoms with E-state index in [1.807, 2.05) is 83.7 Å². The Morgan fingerprint density at radius 2 is 1.56 bits per heavy atom. The third-order valence-electron chi connectivity index (χ3n) is 7.38. The third kappa shape index (κ3) is 4.16. The predicted molar refractivity (Wildman–Crippen MR) is 139 cm³/mol. The molecule has 2 aromatic carbocycles. The number of hydrogen-bond acceptors (Lipinski definition) is 4. The van der Waals surface area contributed by atoms with Crippen LogP contribution in [0.25, 0.3) is 16.6 Å². The van der Waals surface area contributed by atoms with Gasteiger partial charge in [-0.25, -0.2) is 0 Å². The molecule has 2 aliphatic rings. The van der Waals surface area contributed by atoms with E-state index in [1.165, 1.54) is 0 Å². The lowest BCUT2D eigenvalue weighted by Crippen LogP contribution is -2.64. The summed E-state index contributed by atoms with van der Waals surface area (Å²) in [6, 6.07) is 21.9. The minimum absolute atomic E-state index is 0.0820. The van der Waals surface area contributed by atoms with Crippen molar-refractivity contribution in [1.29, 1.82) is 0 Å². The van der Waals surface area contributed by atoms with Crippen molar-refractivity contribution >= 4 is 22.7 Å². The Bertz CT molecular complexity index is 1420. The van der Waals surface area contributed by atoms with Crippen LogP contribution in [-0.4, -0.2) is 81.4 Å². The Labute approximate surface area is 210 Å². The van der Waals surface area contributed by atoms with Crippen LogP contribution in [0, 0.1) is 6.92 Å². The van der Waals surface area contributed by atoms with Crippen LogP contribution in [-0.2, 0) is 0 Å². The Kier molecular flexibility index (Phi) is 5.77. The van der Waals surface area contributed by atoms with Crippen LogP contribution in [0.5, 0.6) is 0 Å². The summed E-state index contributed by atoms with van der Waals surface area (Å²) in [6.07, 6.45) is 3.85. The largest absolute Gasteiger partial charge is 0.336 e. The quantitative estimate of drug-likeness (QED) is 0.449. The van der Waals surface area contributed by atoms with Crippen molar-refractivity contribution in [2.45, 2.75) is 13.0 Å². The molecule has 0 atom stereocenters. The Hall–Kier alpha value is -3.97. The lowest BCUT2D eigenvalue weighted by atomic mass is 10.0. The lowest BCUT2D eigenvalue weighted by molar-refractivity contribution is 0.00854. The van der Waals surface area contributed by atoms with Gasteiger partial charge < -0.3 is 14.4 Å². The molecule has 0 spiro atoms. The molecule has 2 saturated heterocycles. The van der Waals surface area contributed by atoms with Crippen LogP contribution in [0.4, 0.5) is 0 Å². The van der Waals surface area contributed by atoms with Crippen molar-refractivity contribution in [2.75, 3.05) is 39.3 Å². The fraction of sp³-hybridized carbons (Fsp3) is 0.276. The van der Waals surface area contributed by atoms with Gasteiger partial charge in [0.2, 0.25) is 0 Å². The summed E-state index contributed by atoms with van der Waals surface area (Å²) in [7, 11) is 0. The van der Waals surface area contributed by atoms with Gasteiger partial charge in [-0.2, -0.15) is 0 Å². The highest BCUT2D eigenvalue weighted by molar-refractivity contribution is 5.99. The van der Waals surface area contributed by atoms with E-state index in [0.29, 0.717) is 6.04 Å². The highest BCUT2D eigenvalue weighted by atomic mass is 16.2. The Morgan fingerprint density at radius 3 is 2.31 bits per heavy atom. The van der Waals surface area contributed by atoms with E-state index in [4.69, 9.17) is 0 Å². The van der Waals surface area contributed by atoms with E-state index >= 15 is 0 Å². The minimum atomic E-state index is 0.0820. The van der Waals surface area contributed by atoms with Crippen molar-refractivity contribution in [2.24, 2.45) is 0 Å². The summed E-state index contributed by atoms with van der Waals surface area (Å²) in [6.45, 7) is 6.60. The average Bonchev–Trinajstić information content (AvgIpc) is 3.32. The molecule has 2 aromatic heterocycles. The second-order valence-corrected chi connectivity index (χ2v) is 9.67. The molecule has 7 heteroatoms. The van der Waals surface area contributed by atoms with Crippen LogP contribution in [0.3, 0.4) is 0 Å². The summed E-state index contributed by atoms with van der Waals surface area (Å²) in [5.41, 5.74) is 4.57. The van der Waals surface area contributed by atoms with E-state index in [1.54, 1.807) is 0 Å². The fourth-order valence-electron chi connectivity index (χ4n) is 5.27. The number of aryl methyl sites for hydroxylation is 1.